The van der Waals surface area contributed by atoms with E-state index >= 15 is 0 Å². The van der Waals surface area contributed by atoms with Crippen molar-refractivity contribution in [1.82, 2.24) is 9.21 Å². The Kier molecular flexibility index (Phi) is 6.93. The molecule has 8 heteroatoms. The van der Waals surface area contributed by atoms with Crippen LogP contribution < -0.4 is 5.32 Å². The molecule has 0 aromatic heterocycles. The lowest BCUT2D eigenvalue weighted by molar-refractivity contribution is -0.116. The molecular weight excluding hydrogens is 378 g/mol. The Hall–Kier alpha value is -2.71. The Morgan fingerprint density at radius 3 is 2.07 bits per heavy atom. The van der Waals surface area contributed by atoms with E-state index in [-0.39, 0.29) is 29.3 Å². The SMILES string of the molecule is CC(C)N(C)S(=O)(=O)c1ccc(C(=O)N(C)CC(=O)Nc2ccccc2)cc1. The molecule has 0 radical (unpaired) electrons. The minimum atomic E-state index is -3.61. The van der Waals surface area contributed by atoms with Gasteiger partial charge >= 0.3 is 0 Å². The van der Waals surface area contributed by atoms with Crippen LogP contribution in [0.3, 0.4) is 0 Å². The number of carbonyl (C=O) groups excluding carboxylic acids is 2. The maximum atomic E-state index is 12.5. The van der Waals surface area contributed by atoms with Gasteiger partial charge in [-0.3, -0.25) is 9.59 Å². The largest absolute Gasteiger partial charge is 0.332 e. The number of anilines is 1. The zero-order valence-corrected chi connectivity index (χ0v) is 17.2. The molecule has 0 fully saturated rings. The fraction of sp³-hybridized carbons (Fsp3) is 0.300. The number of amides is 2. The van der Waals surface area contributed by atoms with Gasteiger partial charge in [-0.05, 0) is 50.2 Å². The number of hydrogen-bond acceptors (Lipinski definition) is 4. The van der Waals surface area contributed by atoms with Gasteiger partial charge in [0, 0.05) is 31.4 Å². The molecule has 0 aliphatic rings. The van der Waals surface area contributed by atoms with Crippen LogP contribution in [0.4, 0.5) is 5.69 Å². The van der Waals surface area contributed by atoms with E-state index in [1.165, 1.54) is 47.6 Å². The summed E-state index contributed by atoms with van der Waals surface area (Å²) in [5.74, 6) is -0.691. The van der Waals surface area contributed by atoms with Gasteiger partial charge < -0.3 is 10.2 Å². The molecule has 150 valence electrons. The quantitative estimate of drug-likeness (QED) is 0.769. The molecule has 0 saturated heterocycles. The number of likely N-dealkylation sites (N-methyl/N-ethyl adjacent to an activating group) is 1. The van der Waals surface area contributed by atoms with Crippen LogP contribution in [0.5, 0.6) is 0 Å². The lowest BCUT2D eigenvalue weighted by atomic mass is 10.2. The van der Waals surface area contributed by atoms with Crippen molar-refractivity contribution < 1.29 is 18.0 Å². The molecular formula is C20H25N3O4S. The summed E-state index contributed by atoms with van der Waals surface area (Å²) in [6.07, 6.45) is 0. The summed E-state index contributed by atoms with van der Waals surface area (Å²) < 4.78 is 26.2. The maximum Gasteiger partial charge on any atom is 0.254 e. The molecule has 0 saturated carbocycles. The van der Waals surface area contributed by atoms with Crippen LogP contribution in [0.2, 0.25) is 0 Å². The molecule has 0 aliphatic heterocycles. The molecule has 28 heavy (non-hydrogen) atoms. The van der Waals surface area contributed by atoms with Gasteiger partial charge in [-0.2, -0.15) is 4.31 Å². The Morgan fingerprint density at radius 1 is 0.964 bits per heavy atom. The number of nitrogens with one attached hydrogen (secondary N) is 1. The minimum Gasteiger partial charge on any atom is -0.332 e. The average Bonchev–Trinajstić information content (AvgIpc) is 2.67. The van der Waals surface area contributed by atoms with E-state index in [1.54, 1.807) is 38.1 Å². The van der Waals surface area contributed by atoms with Crippen LogP contribution >= 0.6 is 0 Å². The summed E-state index contributed by atoms with van der Waals surface area (Å²) in [5.41, 5.74) is 0.957. The van der Waals surface area contributed by atoms with Crippen molar-refractivity contribution in [3.05, 3.63) is 60.2 Å². The van der Waals surface area contributed by atoms with E-state index in [4.69, 9.17) is 0 Å². The first-order chi connectivity index (χ1) is 13.1. The van der Waals surface area contributed by atoms with Crippen molar-refractivity contribution in [2.24, 2.45) is 0 Å². The Balaban J connectivity index is 2.05. The summed E-state index contributed by atoms with van der Waals surface area (Å²) in [6.45, 7) is 3.44. The normalized spacial score (nSPS) is 11.5. The zero-order valence-electron chi connectivity index (χ0n) is 16.4. The number of sulfonamides is 1. The second-order valence-electron chi connectivity index (χ2n) is 6.71. The van der Waals surface area contributed by atoms with E-state index in [2.05, 4.69) is 5.32 Å². The molecule has 0 atom stereocenters. The Morgan fingerprint density at radius 2 is 1.54 bits per heavy atom. The van der Waals surface area contributed by atoms with Gasteiger partial charge in [0.1, 0.15) is 0 Å². The van der Waals surface area contributed by atoms with Gasteiger partial charge in [0.25, 0.3) is 5.91 Å². The standard InChI is InChI=1S/C20H25N3O4S/c1-15(2)23(4)28(26,27)18-12-10-16(11-13-18)20(25)22(3)14-19(24)21-17-8-6-5-7-9-17/h5-13,15H,14H2,1-4H3,(H,21,24). The first kappa shape index (κ1) is 21.6. The first-order valence-corrected chi connectivity index (χ1v) is 10.3. The number of para-hydroxylation sites is 1. The van der Waals surface area contributed by atoms with Gasteiger partial charge in [0.15, 0.2) is 0 Å². The molecule has 0 spiro atoms. The van der Waals surface area contributed by atoms with E-state index in [9.17, 15) is 18.0 Å². The van der Waals surface area contributed by atoms with Crippen molar-refractivity contribution in [2.45, 2.75) is 24.8 Å². The summed E-state index contributed by atoms with van der Waals surface area (Å²) in [4.78, 5) is 26.0. The summed E-state index contributed by atoms with van der Waals surface area (Å²) in [6, 6.07) is 14.5. The third-order valence-corrected chi connectivity index (χ3v) is 6.34. The lowest BCUT2D eigenvalue weighted by Gasteiger charge is -2.21. The first-order valence-electron chi connectivity index (χ1n) is 8.81. The molecule has 0 aliphatic carbocycles. The Labute approximate surface area is 166 Å². The van der Waals surface area contributed by atoms with E-state index < -0.39 is 10.0 Å². The number of carbonyl (C=O) groups is 2. The van der Waals surface area contributed by atoms with Crippen molar-refractivity contribution in [3.8, 4) is 0 Å². The molecule has 0 bridgehead atoms. The molecule has 0 heterocycles. The predicted molar refractivity (Wildman–Crippen MR) is 109 cm³/mol. The van der Waals surface area contributed by atoms with Crippen molar-refractivity contribution in [1.29, 1.82) is 0 Å². The summed E-state index contributed by atoms with van der Waals surface area (Å²) in [5, 5.41) is 2.71. The molecule has 2 amide bonds. The van der Waals surface area contributed by atoms with Gasteiger partial charge in [-0.1, -0.05) is 18.2 Å². The van der Waals surface area contributed by atoms with Gasteiger partial charge in [-0.15, -0.1) is 0 Å². The number of nitrogens with zero attached hydrogens (tertiary/aromatic N) is 2. The summed E-state index contributed by atoms with van der Waals surface area (Å²) in [7, 11) is -0.580. The maximum absolute atomic E-state index is 12.5. The zero-order chi connectivity index (χ0) is 20.9. The number of rotatable bonds is 7. The van der Waals surface area contributed by atoms with Crippen LogP contribution in [0, 0.1) is 0 Å². The van der Waals surface area contributed by atoms with E-state index in [0.29, 0.717) is 11.3 Å². The highest BCUT2D eigenvalue weighted by atomic mass is 32.2. The highest BCUT2D eigenvalue weighted by Gasteiger charge is 2.23. The van der Waals surface area contributed by atoms with Crippen LogP contribution in [-0.2, 0) is 14.8 Å². The van der Waals surface area contributed by atoms with Crippen molar-refractivity contribution in [2.75, 3.05) is 26.0 Å². The van der Waals surface area contributed by atoms with Crippen LogP contribution in [0.15, 0.2) is 59.5 Å². The summed E-state index contributed by atoms with van der Waals surface area (Å²) >= 11 is 0. The second kappa shape index (κ2) is 8.99. The molecule has 7 nitrogen and oxygen atoms in total. The highest BCUT2D eigenvalue weighted by molar-refractivity contribution is 7.89. The molecule has 2 aromatic carbocycles. The van der Waals surface area contributed by atoms with Crippen molar-refractivity contribution in [3.63, 3.8) is 0 Å². The highest BCUT2D eigenvalue weighted by Crippen LogP contribution is 2.17. The fourth-order valence-electron chi connectivity index (χ4n) is 2.44. The number of benzene rings is 2. The average molecular weight is 404 g/mol. The van der Waals surface area contributed by atoms with E-state index in [0.717, 1.165) is 0 Å². The monoisotopic (exact) mass is 403 g/mol. The van der Waals surface area contributed by atoms with Gasteiger partial charge in [0.2, 0.25) is 15.9 Å². The molecule has 2 rings (SSSR count). The molecule has 1 N–H and O–H groups in total. The van der Waals surface area contributed by atoms with Crippen LogP contribution in [0.1, 0.15) is 24.2 Å². The molecule has 2 aromatic rings. The third kappa shape index (κ3) is 5.17. The van der Waals surface area contributed by atoms with Crippen molar-refractivity contribution >= 4 is 27.5 Å². The van der Waals surface area contributed by atoms with Crippen LogP contribution in [0.25, 0.3) is 0 Å². The van der Waals surface area contributed by atoms with E-state index in [1.807, 2.05) is 6.07 Å². The molecule has 0 unspecified atom stereocenters. The topological polar surface area (TPSA) is 86.8 Å². The Bertz CT molecular complexity index is 926. The van der Waals surface area contributed by atoms with Gasteiger partial charge in [-0.25, -0.2) is 8.42 Å². The predicted octanol–water partition coefficient (Wildman–Crippen LogP) is 2.43. The smallest absolute Gasteiger partial charge is 0.254 e. The van der Waals surface area contributed by atoms with Crippen LogP contribution in [-0.4, -0.2) is 56.1 Å². The second-order valence-corrected chi connectivity index (χ2v) is 8.71. The minimum absolute atomic E-state index is 0.115. The fourth-order valence-corrected chi connectivity index (χ4v) is 3.81. The van der Waals surface area contributed by atoms with Gasteiger partial charge in [0.05, 0.1) is 11.4 Å². The lowest BCUT2D eigenvalue weighted by Crippen LogP contribution is -2.35. The number of hydrogen-bond donors (Lipinski definition) is 1. The third-order valence-electron chi connectivity index (χ3n) is 4.29.